The van der Waals surface area contributed by atoms with Crippen LogP contribution in [0.1, 0.15) is 21.5 Å². The van der Waals surface area contributed by atoms with Crippen molar-refractivity contribution >= 4 is 51.6 Å². The van der Waals surface area contributed by atoms with E-state index in [0.717, 1.165) is 16.8 Å². The number of benzene rings is 2. The third kappa shape index (κ3) is 8.05. The number of carboxylic acids is 1. The van der Waals surface area contributed by atoms with E-state index in [1.807, 2.05) is 24.3 Å². The lowest BCUT2D eigenvalue weighted by atomic mass is 10.1. The third-order valence-corrected chi connectivity index (χ3v) is 5.71. The first-order valence-electron chi connectivity index (χ1n) is 10.9. The largest absolute Gasteiger partial charge is 0.490 e. The average Bonchev–Trinajstić information content (AvgIpc) is 3.38. The van der Waals surface area contributed by atoms with E-state index in [9.17, 15) is 18.0 Å². The average molecular weight is 559 g/mol. The highest BCUT2D eigenvalue weighted by Gasteiger charge is 2.38. The van der Waals surface area contributed by atoms with Crippen molar-refractivity contribution in [1.29, 1.82) is 5.41 Å². The molecule has 0 radical (unpaired) electrons. The smallest absolute Gasteiger partial charge is 0.475 e. The van der Waals surface area contributed by atoms with Gasteiger partial charge in [0.15, 0.2) is 0 Å². The number of carbonyl (C=O) groups is 2. The van der Waals surface area contributed by atoms with E-state index in [1.54, 1.807) is 30.5 Å². The number of nitrogens with two attached hydrogens (primary N) is 2. The van der Waals surface area contributed by atoms with Gasteiger partial charge in [-0.1, -0.05) is 23.5 Å². The van der Waals surface area contributed by atoms with E-state index in [2.05, 4.69) is 25.8 Å². The molecule has 15 heteroatoms. The zero-order chi connectivity index (χ0) is 28.6. The molecule has 1 amide bonds. The Morgan fingerprint density at radius 2 is 1.82 bits per heavy atom. The summed E-state index contributed by atoms with van der Waals surface area (Å²) >= 11 is 1.37. The second-order valence-electron chi connectivity index (χ2n) is 7.65. The van der Waals surface area contributed by atoms with Crippen LogP contribution >= 0.6 is 11.3 Å². The third-order valence-electron chi connectivity index (χ3n) is 4.82. The Kier molecular flexibility index (Phi) is 9.24. The second-order valence-corrected chi connectivity index (χ2v) is 8.63. The number of halogens is 3. The van der Waals surface area contributed by atoms with Gasteiger partial charge in [-0.15, -0.1) is 10.2 Å². The summed E-state index contributed by atoms with van der Waals surface area (Å²) in [4.78, 5) is 25.5. The number of amides is 1. The number of rotatable bonds is 7. The first-order chi connectivity index (χ1) is 18.5. The van der Waals surface area contributed by atoms with Crippen LogP contribution in [0.2, 0.25) is 0 Å². The summed E-state index contributed by atoms with van der Waals surface area (Å²) in [7, 11) is 0. The van der Waals surface area contributed by atoms with Gasteiger partial charge in [-0.2, -0.15) is 13.2 Å². The van der Waals surface area contributed by atoms with Crippen molar-refractivity contribution in [1.82, 2.24) is 15.2 Å². The van der Waals surface area contributed by atoms with Crippen molar-refractivity contribution in [3.63, 3.8) is 0 Å². The summed E-state index contributed by atoms with van der Waals surface area (Å²) in [5.41, 5.74) is 16.0. The number of carbonyl (C=O) groups excluding carboxylic acids is 1. The van der Waals surface area contributed by atoms with Gasteiger partial charge in [-0.3, -0.25) is 9.78 Å². The van der Waals surface area contributed by atoms with E-state index < -0.39 is 12.1 Å². The SMILES string of the molecule is N=Cc1cc(Nc2nnc(-c3cccc(NC(=O)c4cncc(CN)c4)c3)s2)ccc1N.O=C(O)C(F)(F)F. The molecule has 2 aromatic heterocycles. The summed E-state index contributed by atoms with van der Waals surface area (Å²) in [6, 6.07) is 14.4. The molecular weight excluding hydrogens is 537 g/mol. The summed E-state index contributed by atoms with van der Waals surface area (Å²) in [6.07, 6.45) is -0.745. The van der Waals surface area contributed by atoms with Crippen LogP contribution in [-0.2, 0) is 11.3 Å². The molecule has 11 nitrogen and oxygen atoms in total. The first kappa shape index (κ1) is 28.7. The molecular formula is C24H21F3N8O3S. The lowest BCUT2D eigenvalue weighted by Crippen LogP contribution is -2.21. The van der Waals surface area contributed by atoms with Gasteiger partial charge in [0, 0.05) is 53.3 Å². The van der Waals surface area contributed by atoms with Crippen molar-refractivity contribution in [2.45, 2.75) is 12.7 Å². The number of nitrogens with one attached hydrogen (secondary N) is 3. The number of hydrogen-bond acceptors (Lipinski definition) is 10. The van der Waals surface area contributed by atoms with Gasteiger partial charge in [0.05, 0.1) is 5.56 Å². The molecule has 0 aliphatic heterocycles. The maximum absolute atomic E-state index is 12.6. The first-order valence-corrected chi connectivity index (χ1v) is 11.7. The Morgan fingerprint density at radius 1 is 1.08 bits per heavy atom. The number of pyridine rings is 1. The van der Waals surface area contributed by atoms with Crippen LogP contribution in [0.3, 0.4) is 0 Å². The van der Waals surface area contributed by atoms with Gasteiger partial charge >= 0.3 is 12.1 Å². The van der Waals surface area contributed by atoms with Crippen molar-refractivity contribution < 1.29 is 27.9 Å². The minimum atomic E-state index is -5.08. The maximum atomic E-state index is 12.6. The number of alkyl halides is 3. The highest BCUT2D eigenvalue weighted by Crippen LogP contribution is 2.30. The Labute approximate surface area is 223 Å². The fourth-order valence-electron chi connectivity index (χ4n) is 2.95. The molecule has 202 valence electrons. The van der Waals surface area contributed by atoms with Crippen molar-refractivity contribution in [2.75, 3.05) is 16.4 Å². The second kappa shape index (κ2) is 12.6. The number of anilines is 4. The molecule has 0 bridgehead atoms. The predicted octanol–water partition coefficient (Wildman–Crippen LogP) is 4.27. The highest BCUT2D eigenvalue weighted by molar-refractivity contribution is 7.18. The molecule has 0 fully saturated rings. The highest BCUT2D eigenvalue weighted by atomic mass is 32.1. The van der Waals surface area contributed by atoms with E-state index >= 15 is 0 Å². The zero-order valence-corrected chi connectivity index (χ0v) is 20.7. The van der Waals surface area contributed by atoms with Gasteiger partial charge in [0.2, 0.25) is 5.13 Å². The lowest BCUT2D eigenvalue weighted by molar-refractivity contribution is -0.192. The molecule has 2 heterocycles. The topological polar surface area (TPSA) is 193 Å². The Bertz CT molecular complexity index is 1490. The molecule has 0 aliphatic rings. The molecule has 0 atom stereocenters. The predicted molar refractivity (Wildman–Crippen MR) is 141 cm³/mol. The molecule has 0 aliphatic carbocycles. The van der Waals surface area contributed by atoms with Crippen LogP contribution in [0.15, 0.2) is 60.9 Å². The molecule has 0 saturated carbocycles. The quantitative estimate of drug-likeness (QED) is 0.142. The minimum absolute atomic E-state index is 0.269. The molecule has 0 spiro atoms. The number of nitrogens with zero attached hydrogens (tertiary/aromatic N) is 3. The maximum Gasteiger partial charge on any atom is 0.490 e. The summed E-state index contributed by atoms with van der Waals surface area (Å²) < 4.78 is 31.7. The molecule has 4 aromatic rings. The van der Waals surface area contributed by atoms with Crippen molar-refractivity contribution in [3.05, 3.63) is 77.6 Å². The van der Waals surface area contributed by atoms with Crippen LogP contribution in [0.25, 0.3) is 10.6 Å². The van der Waals surface area contributed by atoms with E-state index in [-0.39, 0.29) is 5.91 Å². The van der Waals surface area contributed by atoms with Crippen LogP contribution in [0.4, 0.5) is 35.4 Å². The summed E-state index contributed by atoms with van der Waals surface area (Å²) in [5, 5.41) is 30.3. The number of hydrogen-bond donors (Lipinski definition) is 6. The van der Waals surface area contributed by atoms with Crippen LogP contribution in [0.5, 0.6) is 0 Å². The van der Waals surface area contributed by atoms with Crippen LogP contribution in [-0.4, -0.2) is 44.6 Å². The number of nitrogen functional groups attached to an aromatic ring is 1. The molecule has 0 unspecified atom stereocenters. The Hall–Kier alpha value is -4.89. The molecule has 4 rings (SSSR count). The molecule has 39 heavy (non-hydrogen) atoms. The Morgan fingerprint density at radius 3 is 2.49 bits per heavy atom. The fraction of sp³-hybridized carbons (Fsp3) is 0.0833. The van der Waals surface area contributed by atoms with Crippen LogP contribution < -0.4 is 22.1 Å². The van der Waals surface area contributed by atoms with E-state index in [4.69, 9.17) is 26.8 Å². The zero-order valence-electron chi connectivity index (χ0n) is 19.9. The number of aliphatic carboxylic acids is 1. The van der Waals surface area contributed by atoms with Gasteiger partial charge in [0.1, 0.15) is 5.01 Å². The standard InChI is InChI=1S/C22H20N8OS.C2HF3O2/c23-9-13-6-16(12-26-11-13)20(31)27-17-3-1-2-14(7-17)21-29-30-22(32-21)28-18-4-5-19(25)15(8-18)10-24;3-2(4,5)1(6)7/h1-8,10-12,24H,9,23,25H2,(H,27,31)(H,28,30);(H,6,7). The number of aromatic nitrogens is 3. The van der Waals surface area contributed by atoms with Crippen molar-refractivity contribution in [3.8, 4) is 10.6 Å². The molecule has 0 saturated heterocycles. The summed E-state index contributed by atoms with van der Waals surface area (Å²) in [6.45, 7) is 0.316. The molecule has 2 aromatic carbocycles. The number of carboxylic acid groups (broad SMARTS) is 1. The molecule has 8 N–H and O–H groups in total. The van der Waals surface area contributed by atoms with Gasteiger partial charge in [-0.25, -0.2) is 4.79 Å². The van der Waals surface area contributed by atoms with Gasteiger partial charge < -0.3 is 32.6 Å². The van der Waals surface area contributed by atoms with Crippen LogP contribution in [0, 0.1) is 5.41 Å². The van der Waals surface area contributed by atoms with E-state index in [1.165, 1.54) is 23.7 Å². The summed E-state index contributed by atoms with van der Waals surface area (Å²) in [5.74, 6) is -3.03. The van der Waals surface area contributed by atoms with Gasteiger partial charge in [0.25, 0.3) is 5.91 Å². The van der Waals surface area contributed by atoms with E-state index in [0.29, 0.717) is 39.2 Å². The lowest BCUT2D eigenvalue weighted by Gasteiger charge is -2.07. The monoisotopic (exact) mass is 558 g/mol. The minimum Gasteiger partial charge on any atom is -0.475 e. The van der Waals surface area contributed by atoms with Gasteiger partial charge in [-0.05, 0) is 42.0 Å². The fourth-order valence-corrected chi connectivity index (χ4v) is 3.71. The Balaban J connectivity index is 0.000000532. The van der Waals surface area contributed by atoms with Crippen molar-refractivity contribution in [2.24, 2.45) is 5.73 Å². The normalized spacial score (nSPS) is 10.7.